The third kappa shape index (κ3) is 2.14. The lowest BCUT2D eigenvalue weighted by Crippen LogP contribution is -2.49. The molecule has 1 aliphatic heterocycles. The molecule has 1 fully saturated rings. The van der Waals surface area contributed by atoms with Gasteiger partial charge in [0.05, 0.1) is 0 Å². The average molecular weight is 223 g/mol. The van der Waals surface area contributed by atoms with Crippen molar-refractivity contribution in [2.75, 3.05) is 36.8 Å². The molecule has 0 saturated carbocycles. The molecule has 16 heavy (non-hydrogen) atoms. The summed E-state index contributed by atoms with van der Waals surface area (Å²) < 4.78 is 0. The number of nitrogens with two attached hydrogens (primary N) is 1. The number of aryl methyl sites for hydroxylation is 1. The van der Waals surface area contributed by atoms with Crippen molar-refractivity contribution in [3.63, 3.8) is 0 Å². The van der Waals surface area contributed by atoms with E-state index < -0.39 is 0 Å². The summed E-state index contributed by atoms with van der Waals surface area (Å²) in [4.78, 5) is 12.2. The fourth-order valence-corrected chi connectivity index (χ4v) is 2.19. The minimum Gasteiger partial charge on any atom is -0.382 e. The Kier molecular flexibility index (Phi) is 3.05. The van der Waals surface area contributed by atoms with Gasteiger partial charge in [-0.2, -0.15) is 0 Å². The van der Waals surface area contributed by atoms with Crippen molar-refractivity contribution in [1.29, 1.82) is 0 Å². The number of imidazole rings is 1. The van der Waals surface area contributed by atoms with Gasteiger partial charge in [0.15, 0.2) is 5.82 Å². The van der Waals surface area contributed by atoms with Gasteiger partial charge in [-0.25, -0.2) is 4.98 Å². The second kappa shape index (κ2) is 4.33. The number of piperazine rings is 1. The summed E-state index contributed by atoms with van der Waals surface area (Å²) in [6.07, 6.45) is 0. The Bertz CT molecular complexity index is 349. The molecule has 0 amide bonds. The molecule has 90 valence electrons. The molecule has 0 spiro atoms. The Morgan fingerprint density at radius 2 is 1.88 bits per heavy atom. The number of anilines is 2. The third-order valence-corrected chi connectivity index (χ3v) is 3.17. The van der Waals surface area contributed by atoms with E-state index in [2.05, 4.69) is 33.6 Å². The maximum atomic E-state index is 5.89. The van der Waals surface area contributed by atoms with Crippen molar-refractivity contribution in [3.8, 4) is 0 Å². The molecule has 1 aromatic rings. The number of H-pyrrole nitrogens is 1. The quantitative estimate of drug-likeness (QED) is 0.779. The largest absolute Gasteiger partial charge is 0.382 e. The lowest BCUT2D eigenvalue weighted by molar-refractivity contribution is 0.209. The molecule has 0 radical (unpaired) electrons. The number of nitrogens with zero attached hydrogens (tertiary/aromatic N) is 3. The zero-order valence-electron chi connectivity index (χ0n) is 10.3. The average Bonchev–Trinajstić information content (AvgIpc) is 2.58. The molecule has 0 unspecified atom stereocenters. The third-order valence-electron chi connectivity index (χ3n) is 3.17. The number of nitrogen functional groups attached to an aromatic ring is 1. The molecule has 3 N–H and O–H groups in total. The fraction of sp³-hybridized carbons (Fsp3) is 0.727. The highest BCUT2D eigenvalue weighted by atomic mass is 15.3. The Morgan fingerprint density at radius 3 is 2.31 bits per heavy atom. The summed E-state index contributed by atoms with van der Waals surface area (Å²) in [5, 5.41) is 0. The van der Waals surface area contributed by atoms with Crippen LogP contribution in [-0.2, 0) is 0 Å². The van der Waals surface area contributed by atoms with E-state index in [0.29, 0.717) is 11.9 Å². The summed E-state index contributed by atoms with van der Waals surface area (Å²) in [5.74, 6) is 2.50. The predicted octanol–water partition coefficient (Wildman–Crippen LogP) is 0.831. The van der Waals surface area contributed by atoms with Crippen LogP contribution in [-0.4, -0.2) is 47.1 Å². The van der Waals surface area contributed by atoms with E-state index in [-0.39, 0.29) is 0 Å². The molecule has 0 atom stereocenters. The Balaban J connectivity index is 2.01. The van der Waals surface area contributed by atoms with Crippen LogP contribution < -0.4 is 10.6 Å². The summed E-state index contributed by atoms with van der Waals surface area (Å²) in [6, 6.07) is 0.625. The van der Waals surface area contributed by atoms with E-state index >= 15 is 0 Å². The fourth-order valence-electron chi connectivity index (χ4n) is 2.19. The molecule has 0 bridgehead atoms. The molecule has 2 rings (SSSR count). The summed E-state index contributed by atoms with van der Waals surface area (Å²) in [7, 11) is 0. The molecule has 5 nitrogen and oxygen atoms in total. The maximum Gasteiger partial charge on any atom is 0.171 e. The zero-order valence-corrected chi connectivity index (χ0v) is 10.3. The van der Waals surface area contributed by atoms with Crippen LogP contribution in [0.2, 0.25) is 0 Å². The maximum absolute atomic E-state index is 5.89. The highest BCUT2D eigenvalue weighted by molar-refractivity contribution is 5.59. The zero-order chi connectivity index (χ0) is 11.7. The highest BCUT2D eigenvalue weighted by Crippen LogP contribution is 2.21. The molecule has 0 aliphatic carbocycles. The summed E-state index contributed by atoms with van der Waals surface area (Å²) in [5.41, 5.74) is 5.89. The number of aromatic amines is 1. The molecule has 1 aromatic heterocycles. The molecule has 0 aromatic carbocycles. The number of hydrogen-bond acceptors (Lipinski definition) is 4. The van der Waals surface area contributed by atoms with Crippen molar-refractivity contribution in [1.82, 2.24) is 14.9 Å². The number of rotatable bonds is 2. The highest BCUT2D eigenvalue weighted by Gasteiger charge is 2.21. The first kappa shape index (κ1) is 11.3. The normalized spacial score (nSPS) is 18.4. The van der Waals surface area contributed by atoms with Crippen molar-refractivity contribution in [2.24, 2.45) is 0 Å². The van der Waals surface area contributed by atoms with Gasteiger partial charge in [0, 0.05) is 32.2 Å². The van der Waals surface area contributed by atoms with Crippen LogP contribution in [0.1, 0.15) is 19.7 Å². The van der Waals surface area contributed by atoms with E-state index in [9.17, 15) is 0 Å². The van der Waals surface area contributed by atoms with Gasteiger partial charge in [0.1, 0.15) is 11.6 Å². The molecular formula is C11H21N5. The SMILES string of the molecule is Cc1nc(N2CCN(C(C)C)CC2)c(N)[nH]1. The van der Waals surface area contributed by atoms with E-state index in [1.807, 2.05) is 6.92 Å². The first-order valence-corrected chi connectivity index (χ1v) is 5.89. The smallest absolute Gasteiger partial charge is 0.171 e. The Hall–Kier alpha value is -1.23. The molecule has 1 aliphatic rings. The molecule has 2 heterocycles. The van der Waals surface area contributed by atoms with Crippen LogP contribution in [0.25, 0.3) is 0 Å². The van der Waals surface area contributed by atoms with Crippen LogP contribution in [0.4, 0.5) is 11.6 Å². The standard InChI is InChI=1S/C11H21N5/c1-8(2)15-4-6-16(7-5-15)11-10(12)13-9(3)14-11/h8H,4-7,12H2,1-3H3,(H,13,14). The van der Waals surface area contributed by atoms with Crippen molar-refractivity contribution >= 4 is 11.6 Å². The Labute approximate surface area is 96.6 Å². The number of nitrogens with one attached hydrogen (secondary N) is 1. The van der Waals surface area contributed by atoms with Crippen LogP contribution >= 0.6 is 0 Å². The van der Waals surface area contributed by atoms with Crippen LogP contribution in [0.15, 0.2) is 0 Å². The minimum atomic E-state index is 0.625. The van der Waals surface area contributed by atoms with E-state index in [4.69, 9.17) is 5.73 Å². The second-order valence-electron chi connectivity index (χ2n) is 4.68. The van der Waals surface area contributed by atoms with Gasteiger partial charge in [-0.15, -0.1) is 0 Å². The monoisotopic (exact) mass is 223 g/mol. The molecule has 5 heteroatoms. The van der Waals surface area contributed by atoms with Gasteiger partial charge in [0.2, 0.25) is 0 Å². The molecular weight excluding hydrogens is 202 g/mol. The van der Waals surface area contributed by atoms with Gasteiger partial charge in [-0.3, -0.25) is 4.90 Å². The first-order valence-electron chi connectivity index (χ1n) is 5.89. The van der Waals surface area contributed by atoms with E-state index in [1.54, 1.807) is 0 Å². The van der Waals surface area contributed by atoms with Crippen molar-refractivity contribution < 1.29 is 0 Å². The topological polar surface area (TPSA) is 61.2 Å². The second-order valence-corrected chi connectivity index (χ2v) is 4.68. The number of hydrogen-bond donors (Lipinski definition) is 2. The van der Waals surface area contributed by atoms with E-state index in [0.717, 1.165) is 37.8 Å². The predicted molar refractivity (Wildman–Crippen MR) is 66.7 cm³/mol. The van der Waals surface area contributed by atoms with Crippen LogP contribution in [0.5, 0.6) is 0 Å². The lowest BCUT2D eigenvalue weighted by Gasteiger charge is -2.37. The summed E-state index contributed by atoms with van der Waals surface area (Å²) in [6.45, 7) is 10.6. The molecule has 1 saturated heterocycles. The lowest BCUT2D eigenvalue weighted by atomic mass is 10.2. The minimum absolute atomic E-state index is 0.625. The Morgan fingerprint density at radius 1 is 1.25 bits per heavy atom. The summed E-state index contributed by atoms with van der Waals surface area (Å²) >= 11 is 0. The van der Waals surface area contributed by atoms with Crippen molar-refractivity contribution in [2.45, 2.75) is 26.8 Å². The van der Waals surface area contributed by atoms with Gasteiger partial charge in [0.25, 0.3) is 0 Å². The number of aromatic nitrogens is 2. The van der Waals surface area contributed by atoms with Crippen molar-refractivity contribution in [3.05, 3.63) is 5.82 Å². The van der Waals surface area contributed by atoms with Gasteiger partial charge >= 0.3 is 0 Å². The van der Waals surface area contributed by atoms with Gasteiger partial charge in [-0.1, -0.05) is 0 Å². The first-order chi connectivity index (χ1) is 7.58. The van der Waals surface area contributed by atoms with Gasteiger partial charge in [-0.05, 0) is 20.8 Å². The van der Waals surface area contributed by atoms with Crippen LogP contribution in [0, 0.1) is 6.92 Å². The van der Waals surface area contributed by atoms with E-state index in [1.165, 1.54) is 0 Å². The van der Waals surface area contributed by atoms with Gasteiger partial charge < -0.3 is 15.6 Å². The van der Waals surface area contributed by atoms with Crippen LogP contribution in [0.3, 0.4) is 0 Å².